The normalized spacial score (nSPS) is 11.9. The number of carbonyl (C=O) groups is 1. The second kappa shape index (κ2) is 7.75. The van der Waals surface area contributed by atoms with Crippen molar-refractivity contribution in [2.24, 2.45) is 0 Å². The summed E-state index contributed by atoms with van der Waals surface area (Å²) >= 11 is 0. The van der Waals surface area contributed by atoms with Gasteiger partial charge in [-0.05, 0) is 25.8 Å². The second-order valence-corrected chi connectivity index (χ2v) is 6.10. The maximum Gasteiger partial charge on any atom is 0.249 e. The molecule has 0 spiro atoms. The van der Waals surface area contributed by atoms with E-state index in [0.29, 0.717) is 24.6 Å². The molecular formula is C20H21N3O2. The maximum atomic E-state index is 12.1. The van der Waals surface area contributed by atoms with Crippen LogP contribution in [-0.4, -0.2) is 16.0 Å². The predicted octanol–water partition coefficient (Wildman–Crippen LogP) is 3.86. The quantitative estimate of drug-likeness (QED) is 0.743. The van der Waals surface area contributed by atoms with Gasteiger partial charge in [0.1, 0.15) is 6.04 Å². The molecule has 0 aliphatic carbocycles. The lowest BCUT2D eigenvalue weighted by Crippen LogP contribution is -2.27. The van der Waals surface area contributed by atoms with Gasteiger partial charge in [-0.15, -0.1) is 0 Å². The van der Waals surface area contributed by atoms with Crippen molar-refractivity contribution >= 4 is 5.91 Å². The lowest BCUT2D eigenvalue weighted by molar-refractivity contribution is -0.121. The van der Waals surface area contributed by atoms with Gasteiger partial charge in [-0.25, -0.2) is 0 Å². The number of aryl methyl sites for hydroxylation is 2. The van der Waals surface area contributed by atoms with Gasteiger partial charge in [0.15, 0.2) is 0 Å². The SMILES string of the molecule is Cc1ccc(-c2noc(C(C)NC(=O)CCc3ccccc3)n2)cc1. The average molecular weight is 335 g/mol. The summed E-state index contributed by atoms with van der Waals surface area (Å²) in [6.07, 6.45) is 1.13. The molecule has 0 saturated carbocycles. The van der Waals surface area contributed by atoms with Crippen molar-refractivity contribution in [1.82, 2.24) is 15.5 Å². The van der Waals surface area contributed by atoms with Crippen LogP contribution in [0.25, 0.3) is 11.4 Å². The highest BCUT2D eigenvalue weighted by atomic mass is 16.5. The Hall–Kier alpha value is -2.95. The third-order valence-corrected chi connectivity index (χ3v) is 3.98. The standard InChI is InChI=1S/C20H21N3O2/c1-14-8-11-17(12-9-14)19-22-20(25-23-19)15(2)21-18(24)13-10-16-6-4-3-5-7-16/h3-9,11-12,15H,10,13H2,1-2H3,(H,21,24). The number of amides is 1. The molecule has 1 heterocycles. The summed E-state index contributed by atoms with van der Waals surface area (Å²) in [6.45, 7) is 3.87. The minimum atomic E-state index is -0.324. The Kier molecular flexibility index (Phi) is 5.23. The lowest BCUT2D eigenvalue weighted by atomic mass is 10.1. The van der Waals surface area contributed by atoms with Crippen molar-refractivity contribution in [3.05, 3.63) is 71.6 Å². The van der Waals surface area contributed by atoms with Crippen LogP contribution in [0.3, 0.4) is 0 Å². The Labute approximate surface area is 147 Å². The highest BCUT2D eigenvalue weighted by Crippen LogP contribution is 2.19. The minimum absolute atomic E-state index is 0.0357. The van der Waals surface area contributed by atoms with Gasteiger partial charge in [-0.2, -0.15) is 4.98 Å². The summed E-state index contributed by atoms with van der Waals surface area (Å²) < 4.78 is 5.30. The van der Waals surface area contributed by atoms with Gasteiger partial charge in [0.05, 0.1) is 0 Å². The van der Waals surface area contributed by atoms with Crippen LogP contribution >= 0.6 is 0 Å². The summed E-state index contributed by atoms with van der Waals surface area (Å²) in [5.74, 6) is 0.899. The van der Waals surface area contributed by atoms with Gasteiger partial charge < -0.3 is 9.84 Å². The molecule has 0 bridgehead atoms. The number of rotatable bonds is 6. The average Bonchev–Trinajstić information content (AvgIpc) is 3.12. The number of carbonyl (C=O) groups excluding carboxylic acids is 1. The Morgan fingerprint density at radius 1 is 1.12 bits per heavy atom. The van der Waals surface area contributed by atoms with E-state index in [1.54, 1.807) is 0 Å². The number of nitrogens with one attached hydrogen (secondary N) is 1. The van der Waals surface area contributed by atoms with Crippen LogP contribution in [0.4, 0.5) is 0 Å². The predicted molar refractivity (Wildman–Crippen MR) is 95.8 cm³/mol. The van der Waals surface area contributed by atoms with Crippen LogP contribution in [0.2, 0.25) is 0 Å². The van der Waals surface area contributed by atoms with Crippen molar-refractivity contribution < 1.29 is 9.32 Å². The molecule has 0 aliphatic heterocycles. The molecule has 0 saturated heterocycles. The van der Waals surface area contributed by atoms with Gasteiger partial charge in [0, 0.05) is 12.0 Å². The molecule has 1 amide bonds. The Morgan fingerprint density at radius 2 is 1.84 bits per heavy atom. The number of hydrogen-bond donors (Lipinski definition) is 1. The fourth-order valence-corrected chi connectivity index (χ4v) is 2.51. The first-order chi connectivity index (χ1) is 12.1. The first kappa shape index (κ1) is 16.9. The molecule has 1 unspecified atom stereocenters. The van der Waals surface area contributed by atoms with Crippen molar-refractivity contribution in [3.8, 4) is 11.4 Å². The van der Waals surface area contributed by atoms with Gasteiger partial charge >= 0.3 is 0 Å². The molecule has 3 aromatic rings. The molecule has 25 heavy (non-hydrogen) atoms. The molecule has 0 aliphatic rings. The van der Waals surface area contributed by atoms with E-state index in [-0.39, 0.29) is 11.9 Å². The van der Waals surface area contributed by atoms with Gasteiger partial charge in [-0.3, -0.25) is 4.79 Å². The van der Waals surface area contributed by atoms with Gasteiger partial charge in [0.25, 0.3) is 0 Å². The molecule has 1 atom stereocenters. The smallest absolute Gasteiger partial charge is 0.249 e. The largest absolute Gasteiger partial charge is 0.345 e. The zero-order valence-electron chi connectivity index (χ0n) is 14.4. The molecule has 0 radical (unpaired) electrons. The summed E-state index contributed by atoms with van der Waals surface area (Å²) in [7, 11) is 0. The number of nitrogens with zero attached hydrogens (tertiary/aromatic N) is 2. The zero-order chi connectivity index (χ0) is 17.6. The maximum absolute atomic E-state index is 12.1. The van der Waals surface area contributed by atoms with Crippen LogP contribution in [-0.2, 0) is 11.2 Å². The van der Waals surface area contributed by atoms with Crippen molar-refractivity contribution in [3.63, 3.8) is 0 Å². The summed E-state index contributed by atoms with van der Waals surface area (Å²) in [5, 5.41) is 6.91. The van der Waals surface area contributed by atoms with E-state index < -0.39 is 0 Å². The number of benzene rings is 2. The molecule has 0 fully saturated rings. The van der Waals surface area contributed by atoms with Crippen LogP contribution in [0.1, 0.15) is 36.4 Å². The van der Waals surface area contributed by atoms with E-state index in [0.717, 1.165) is 11.1 Å². The summed E-state index contributed by atoms with van der Waals surface area (Å²) in [4.78, 5) is 16.5. The first-order valence-electron chi connectivity index (χ1n) is 8.36. The summed E-state index contributed by atoms with van der Waals surface area (Å²) in [5.41, 5.74) is 3.21. The number of hydrogen-bond acceptors (Lipinski definition) is 4. The topological polar surface area (TPSA) is 68.0 Å². The fraction of sp³-hybridized carbons (Fsp3) is 0.250. The zero-order valence-corrected chi connectivity index (χ0v) is 14.4. The molecule has 5 nitrogen and oxygen atoms in total. The third kappa shape index (κ3) is 4.53. The Morgan fingerprint density at radius 3 is 2.56 bits per heavy atom. The highest BCUT2D eigenvalue weighted by molar-refractivity contribution is 5.76. The molecule has 1 aromatic heterocycles. The van der Waals surface area contributed by atoms with Gasteiger partial charge in [0.2, 0.25) is 17.6 Å². The van der Waals surface area contributed by atoms with E-state index >= 15 is 0 Å². The second-order valence-electron chi connectivity index (χ2n) is 6.10. The molecule has 128 valence electrons. The van der Waals surface area contributed by atoms with E-state index in [4.69, 9.17) is 4.52 Å². The van der Waals surface area contributed by atoms with E-state index in [2.05, 4.69) is 15.5 Å². The molecule has 3 rings (SSSR count). The van der Waals surface area contributed by atoms with Crippen molar-refractivity contribution in [2.75, 3.05) is 0 Å². The van der Waals surface area contributed by atoms with Crippen LogP contribution in [0.5, 0.6) is 0 Å². The fourth-order valence-electron chi connectivity index (χ4n) is 2.51. The highest BCUT2D eigenvalue weighted by Gasteiger charge is 2.17. The summed E-state index contributed by atoms with van der Waals surface area (Å²) in [6, 6.07) is 17.5. The third-order valence-electron chi connectivity index (χ3n) is 3.98. The van der Waals surface area contributed by atoms with Gasteiger partial charge in [-0.1, -0.05) is 65.3 Å². The van der Waals surface area contributed by atoms with E-state index in [9.17, 15) is 4.79 Å². The molecule has 2 aromatic carbocycles. The monoisotopic (exact) mass is 335 g/mol. The first-order valence-corrected chi connectivity index (χ1v) is 8.36. The minimum Gasteiger partial charge on any atom is -0.345 e. The molecule has 1 N–H and O–H groups in total. The Bertz CT molecular complexity index is 826. The lowest BCUT2D eigenvalue weighted by Gasteiger charge is -2.09. The van der Waals surface area contributed by atoms with Crippen LogP contribution in [0.15, 0.2) is 59.1 Å². The van der Waals surface area contributed by atoms with Crippen LogP contribution in [0, 0.1) is 6.92 Å². The van der Waals surface area contributed by atoms with E-state index in [1.165, 1.54) is 5.56 Å². The van der Waals surface area contributed by atoms with E-state index in [1.807, 2.05) is 68.4 Å². The Balaban J connectivity index is 1.57. The molecular weight excluding hydrogens is 314 g/mol. The molecule has 5 heteroatoms. The van der Waals surface area contributed by atoms with Crippen molar-refractivity contribution in [2.45, 2.75) is 32.7 Å². The number of aromatic nitrogens is 2. The van der Waals surface area contributed by atoms with Crippen molar-refractivity contribution in [1.29, 1.82) is 0 Å². The van der Waals surface area contributed by atoms with Crippen LogP contribution < -0.4 is 5.32 Å².